The second-order valence-corrected chi connectivity index (χ2v) is 3.08. The summed E-state index contributed by atoms with van der Waals surface area (Å²) in [6.07, 6.45) is -8.38. The molecular formula is C8H3ClF5NO. The van der Waals surface area contributed by atoms with E-state index < -0.39 is 34.6 Å². The molecule has 0 aliphatic heterocycles. The predicted octanol–water partition coefficient (Wildman–Crippen LogP) is 3.50. The molecule has 1 heterocycles. The number of pyridine rings is 1. The zero-order valence-corrected chi connectivity index (χ0v) is 8.11. The average Bonchev–Trinajstić information content (AvgIpc) is 2.15. The normalized spacial score (nSPS) is 11.9. The number of carbonyl (C=O) groups is 1. The Balaban J connectivity index is 3.48. The van der Waals surface area contributed by atoms with Gasteiger partial charge in [-0.2, -0.15) is 13.2 Å². The number of halogens is 6. The molecule has 1 aromatic heterocycles. The molecule has 0 amide bonds. The van der Waals surface area contributed by atoms with Gasteiger partial charge < -0.3 is 0 Å². The quantitative estimate of drug-likeness (QED) is 0.462. The van der Waals surface area contributed by atoms with Gasteiger partial charge >= 0.3 is 6.18 Å². The molecule has 0 aliphatic carbocycles. The Kier molecular flexibility index (Phi) is 3.47. The molecule has 2 nitrogen and oxygen atoms in total. The van der Waals surface area contributed by atoms with E-state index in [-0.39, 0.29) is 6.29 Å². The Hall–Kier alpha value is -1.24. The summed E-state index contributed by atoms with van der Waals surface area (Å²) in [5, 5.41) is -0.758. The van der Waals surface area contributed by atoms with Gasteiger partial charge in [-0.3, -0.25) is 4.79 Å². The number of alkyl halides is 5. The maximum absolute atomic E-state index is 12.3. The summed E-state index contributed by atoms with van der Waals surface area (Å²) in [5.41, 5.74) is -3.65. The van der Waals surface area contributed by atoms with E-state index in [0.29, 0.717) is 6.07 Å². The Morgan fingerprint density at radius 2 is 1.94 bits per heavy atom. The summed E-state index contributed by atoms with van der Waals surface area (Å²) >= 11 is 5.22. The molecule has 0 saturated carbocycles. The van der Waals surface area contributed by atoms with Crippen molar-refractivity contribution in [1.29, 1.82) is 0 Å². The third-order valence-corrected chi connectivity index (χ3v) is 1.97. The van der Waals surface area contributed by atoms with E-state index >= 15 is 0 Å². The standard InChI is InChI=1S/C8H3ClF5NO/c9-6-3(2-16)1-4(7(10)11)5(15-6)8(12,13)14/h1-2,7H. The molecule has 0 aromatic carbocycles. The van der Waals surface area contributed by atoms with Gasteiger partial charge in [0.1, 0.15) is 5.15 Å². The number of aromatic nitrogens is 1. The summed E-state index contributed by atoms with van der Waals surface area (Å²) < 4.78 is 61.5. The maximum atomic E-state index is 12.3. The maximum Gasteiger partial charge on any atom is 0.433 e. The molecule has 1 aromatic rings. The number of hydrogen-bond donors (Lipinski definition) is 0. The van der Waals surface area contributed by atoms with Crippen LogP contribution in [-0.4, -0.2) is 11.3 Å². The van der Waals surface area contributed by atoms with Gasteiger partial charge in [-0.1, -0.05) is 11.6 Å². The van der Waals surface area contributed by atoms with Gasteiger partial charge in [0.2, 0.25) is 0 Å². The minimum atomic E-state index is -5.04. The van der Waals surface area contributed by atoms with E-state index in [0.717, 1.165) is 0 Å². The van der Waals surface area contributed by atoms with E-state index in [1.54, 1.807) is 0 Å². The summed E-state index contributed by atoms with van der Waals surface area (Å²) in [6.45, 7) is 0. The first kappa shape index (κ1) is 12.8. The number of aldehydes is 1. The molecule has 0 fully saturated rings. The fraction of sp³-hybridized carbons (Fsp3) is 0.250. The molecule has 88 valence electrons. The summed E-state index contributed by atoms with van der Waals surface area (Å²) in [7, 11) is 0. The Labute approximate surface area is 91.0 Å². The summed E-state index contributed by atoms with van der Waals surface area (Å²) in [6, 6.07) is 0.385. The first-order valence-corrected chi connectivity index (χ1v) is 4.16. The van der Waals surface area contributed by atoms with Crippen LogP contribution in [0.25, 0.3) is 0 Å². The minimum absolute atomic E-state index is 0.0569. The summed E-state index contributed by atoms with van der Waals surface area (Å²) in [4.78, 5) is 13.1. The van der Waals surface area contributed by atoms with E-state index in [9.17, 15) is 26.7 Å². The SMILES string of the molecule is O=Cc1cc(C(F)F)c(C(F)(F)F)nc1Cl. The molecule has 0 atom stereocenters. The largest absolute Gasteiger partial charge is 0.433 e. The number of nitrogens with zero attached hydrogens (tertiary/aromatic N) is 1. The lowest BCUT2D eigenvalue weighted by molar-refractivity contribution is -0.143. The van der Waals surface area contributed by atoms with Crippen LogP contribution in [0, 0.1) is 0 Å². The highest BCUT2D eigenvalue weighted by molar-refractivity contribution is 6.31. The van der Waals surface area contributed by atoms with Gasteiger partial charge in [-0.25, -0.2) is 13.8 Å². The van der Waals surface area contributed by atoms with Crippen molar-refractivity contribution in [3.63, 3.8) is 0 Å². The number of rotatable bonds is 2. The van der Waals surface area contributed by atoms with Gasteiger partial charge in [0.05, 0.1) is 5.56 Å². The molecule has 0 aliphatic rings. The molecular weight excluding hydrogens is 257 g/mol. The van der Waals surface area contributed by atoms with Crippen LogP contribution in [0.2, 0.25) is 5.15 Å². The third-order valence-electron chi connectivity index (χ3n) is 1.66. The molecule has 16 heavy (non-hydrogen) atoms. The van der Waals surface area contributed by atoms with Crippen LogP contribution in [-0.2, 0) is 6.18 Å². The lowest BCUT2D eigenvalue weighted by atomic mass is 10.1. The minimum Gasteiger partial charge on any atom is -0.298 e. The van der Waals surface area contributed by atoms with Crippen molar-refractivity contribution < 1.29 is 26.7 Å². The van der Waals surface area contributed by atoms with Crippen molar-refractivity contribution in [1.82, 2.24) is 4.98 Å². The van der Waals surface area contributed by atoms with Gasteiger partial charge in [0.25, 0.3) is 6.43 Å². The number of hydrogen-bond acceptors (Lipinski definition) is 2. The smallest absolute Gasteiger partial charge is 0.298 e. The van der Waals surface area contributed by atoms with E-state index in [4.69, 9.17) is 11.6 Å². The van der Waals surface area contributed by atoms with Gasteiger partial charge in [-0.05, 0) is 6.07 Å². The monoisotopic (exact) mass is 259 g/mol. The topological polar surface area (TPSA) is 30.0 Å². The van der Waals surface area contributed by atoms with Crippen LogP contribution in [0.15, 0.2) is 6.07 Å². The lowest BCUT2D eigenvalue weighted by Gasteiger charge is -2.12. The van der Waals surface area contributed by atoms with Crippen LogP contribution in [0.3, 0.4) is 0 Å². The van der Waals surface area contributed by atoms with E-state index in [1.165, 1.54) is 0 Å². The van der Waals surface area contributed by atoms with Crippen molar-refractivity contribution in [3.8, 4) is 0 Å². The van der Waals surface area contributed by atoms with Crippen molar-refractivity contribution in [2.45, 2.75) is 12.6 Å². The predicted molar refractivity (Wildman–Crippen MR) is 44.6 cm³/mol. The second-order valence-electron chi connectivity index (χ2n) is 2.72. The first-order valence-electron chi connectivity index (χ1n) is 3.78. The highest BCUT2D eigenvalue weighted by atomic mass is 35.5. The second kappa shape index (κ2) is 4.32. The van der Waals surface area contributed by atoms with Crippen LogP contribution in [0.5, 0.6) is 0 Å². The van der Waals surface area contributed by atoms with E-state index in [1.807, 2.05) is 0 Å². The lowest BCUT2D eigenvalue weighted by Crippen LogP contribution is -2.13. The van der Waals surface area contributed by atoms with Gasteiger partial charge in [0, 0.05) is 5.56 Å². The molecule has 8 heteroatoms. The van der Waals surface area contributed by atoms with E-state index in [2.05, 4.69) is 4.98 Å². The summed E-state index contributed by atoms with van der Waals surface area (Å²) in [5.74, 6) is 0. The molecule has 0 saturated heterocycles. The van der Waals surface area contributed by atoms with Gasteiger partial charge in [0.15, 0.2) is 12.0 Å². The molecule has 0 unspecified atom stereocenters. The van der Waals surface area contributed by atoms with Crippen LogP contribution >= 0.6 is 11.6 Å². The zero-order chi connectivity index (χ0) is 12.5. The Bertz CT molecular complexity index is 418. The van der Waals surface area contributed by atoms with Crippen LogP contribution < -0.4 is 0 Å². The van der Waals surface area contributed by atoms with Crippen molar-refractivity contribution in [3.05, 3.63) is 28.0 Å². The molecule has 0 radical (unpaired) electrons. The molecule has 0 bridgehead atoms. The number of carbonyl (C=O) groups excluding carboxylic acids is 1. The third kappa shape index (κ3) is 2.46. The average molecular weight is 260 g/mol. The molecule has 0 spiro atoms. The van der Waals surface area contributed by atoms with Crippen molar-refractivity contribution in [2.24, 2.45) is 0 Å². The zero-order valence-electron chi connectivity index (χ0n) is 7.36. The molecule has 1 rings (SSSR count). The van der Waals surface area contributed by atoms with Crippen molar-refractivity contribution in [2.75, 3.05) is 0 Å². The van der Waals surface area contributed by atoms with Crippen LogP contribution in [0.1, 0.15) is 28.0 Å². The highest BCUT2D eigenvalue weighted by Gasteiger charge is 2.38. The fourth-order valence-corrected chi connectivity index (χ4v) is 1.18. The highest BCUT2D eigenvalue weighted by Crippen LogP contribution is 2.36. The Morgan fingerprint density at radius 3 is 2.31 bits per heavy atom. The Morgan fingerprint density at radius 1 is 1.38 bits per heavy atom. The van der Waals surface area contributed by atoms with Gasteiger partial charge in [-0.15, -0.1) is 0 Å². The van der Waals surface area contributed by atoms with Crippen LogP contribution in [0.4, 0.5) is 22.0 Å². The first-order chi connectivity index (χ1) is 7.27. The fourth-order valence-electron chi connectivity index (χ4n) is 0.999. The molecule has 0 N–H and O–H groups in total. The van der Waals surface area contributed by atoms with Crippen molar-refractivity contribution >= 4 is 17.9 Å².